The van der Waals surface area contributed by atoms with Gasteiger partial charge < -0.3 is 0 Å². The summed E-state index contributed by atoms with van der Waals surface area (Å²) in [7, 11) is 0. The molecule has 1 heterocycles. The van der Waals surface area contributed by atoms with Gasteiger partial charge in [0.15, 0.2) is 0 Å². The number of hydrogen-bond donors (Lipinski definition) is 1. The van der Waals surface area contributed by atoms with E-state index in [0.717, 1.165) is 5.69 Å². The van der Waals surface area contributed by atoms with Gasteiger partial charge in [-0.2, -0.15) is 5.10 Å². The third-order valence-electron chi connectivity index (χ3n) is 1.10. The highest BCUT2D eigenvalue weighted by Crippen LogP contribution is 2.20. The van der Waals surface area contributed by atoms with Gasteiger partial charge in [0.1, 0.15) is 3.70 Å². The van der Waals surface area contributed by atoms with Gasteiger partial charge >= 0.3 is 0 Å². The topological polar surface area (TPSA) is 28.7 Å². The van der Waals surface area contributed by atoms with Gasteiger partial charge in [0.05, 0.1) is 9.26 Å². The van der Waals surface area contributed by atoms with E-state index < -0.39 is 0 Å². The second-order valence-electron chi connectivity index (χ2n) is 1.70. The van der Waals surface area contributed by atoms with Crippen LogP contribution in [0.4, 0.5) is 0 Å². The van der Waals surface area contributed by atoms with Crippen LogP contribution in [0.2, 0.25) is 0 Å². The molecule has 0 saturated carbocycles. The van der Waals surface area contributed by atoms with Gasteiger partial charge in [0.25, 0.3) is 0 Å². The SMILES string of the molecule is C=Ic1[nH]nc(C)c1I=C. The third-order valence-corrected chi connectivity index (χ3v) is 5.76. The van der Waals surface area contributed by atoms with Crippen molar-refractivity contribution in [3.05, 3.63) is 13.0 Å². The number of nitrogens with zero attached hydrogens (tertiary/aromatic N) is 1. The van der Waals surface area contributed by atoms with E-state index in [4.69, 9.17) is 0 Å². The normalized spacial score (nSPS) is 10.1. The van der Waals surface area contributed by atoms with Crippen molar-refractivity contribution < 1.29 is 0 Å². The molecule has 1 aromatic rings. The predicted molar refractivity (Wildman–Crippen MR) is 63.0 cm³/mol. The van der Waals surface area contributed by atoms with Crippen molar-refractivity contribution in [2.75, 3.05) is 0 Å². The molecular formula is C6H8I2N2. The lowest BCUT2D eigenvalue weighted by Gasteiger charge is -1.86. The summed E-state index contributed by atoms with van der Waals surface area (Å²) in [5.41, 5.74) is 1.13. The van der Waals surface area contributed by atoms with Gasteiger partial charge in [-0.05, 0) is 6.92 Å². The molecule has 0 aliphatic heterocycles. The molecule has 0 bridgehead atoms. The van der Waals surface area contributed by atoms with Crippen molar-refractivity contribution in [1.29, 1.82) is 0 Å². The van der Waals surface area contributed by atoms with E-state index in [9.17, 15) is 0 Å². The highest BCUT2D eigenvalue weighted by atomic mass is 127. The lowest BCUT2D eigenvalue weighted by atomic mass is 10.5. The van der Waals surface area contributed by atoms with Gasteiger partial charge in [-0.1, -0.05) is 50.5 Å². The Kier molecular flexibility index (Phi) is 3.15. The van der Waals surface area contributed by atoms with E-state index >= 15 is 0 Å². The van der Waals surface area contributed by atoms with Crippen molar-refractivity contribution in [1.82, 2.24) is 10.2 Å². The second-order valence-corrected chi connectivity index (χ2v) is 5.39. The molecule has 1 aromatic heterocycles. The molecule has 2 nitrogen and oxygen atoms in total. The zero-order valence-electron chi connectivity index (χ0n) is 5.62. The van der Waals surface area contributed by atoms with Gasteiger partial charge in [-0.25, -0.2) is 0 Å². The zero-order valence-corrected chi connectivity index (χ0v) is 9.93. The van der Waals surface area contributed by atoms with Crippen LogP contribution in [0.5, 0.6) is 0 Å². The molecule has 0 unspecified atom stereocenters. The Hall–Kier alpha value is 0.410. The van der Waals surface area contributed by atoms with Crippen LogP contribution in [-0.4, -0.2) is 19.2 Å². The fourth-order valence-corrected chi connectivity index (χ4v) is 4.71. The molecule has 0 aromatic carbocycles. The van der Waals surface area contributed by atoms with Gasteiger partial charge in [0.2, 0.25) is 0 Å². The van der Waals surface area contributed by atoms with Crippen LogP contribution in [0, 0.1) is 14.2 Å². The molecule has 0 amide bonds. The Morgan fingerprint density at radius 3 is 2.50 bits per heavy atom. The molecule has 10 heavy (non-hydrogen) atoms. The van der Waals surface area contributed by atoms with E-state index in [1.807, 2.05) is 6.92 Å². The fourth-order valence-electron chi connectivity index (χ4n) is 0.634. The number of aromatic amines is 1. The summed E-state index contributed by atoms with van der Waals surface area (Å²) in [6.07, 6.45) is 0. The number of nitrogens with one attached hydrogen (secondary N) is 1. The number of aryl methyl sites for hydroxylation is 1. The first kappa shape index (κ1) is 8.51. The van der Waals surface area contributed by atoms with E-state index in [2.05, 4.69) is 19.2 Å². The lowest BCUT2D eigenvalue weighted by Crippen LogP contribution is -1.74. The maximum Gasteiger partial charge on any atom is 0.103 e. The summed E-state index contributed by atoms with van der Waals surface area (Å²) >= 11 is -0.138. The minimum absolute atomic E-state index is 0.0591. The molecule has 4 heteroatoms. The number of hydrogen-bond acceptors (Lipinski definition) is 1. The van der Waals surface area contributed by atoms with Crippen LogP contribution in [0.25, 0.3) is 0 Å². The minimum atomic E-state index is -0.0784. The minimum Gasteiger partial charge on any atom is -0.271 e. The number of rotatable bonds is 2. The molecular weight excluding hydrogens is 354 g/mol. The van der Waals surface area contributed by atoms with Gasteiger partial charge in [-0.15, -0.1) is 0 Å². The standard InChI is InChI=1S/C6H8I2N2/c1-4-5(7-2)6(8-3)10-9-4/h2-3H2,1H3,(H,9,10). The van der Waals surface area contributed by atoms with Crippen molar-refractivity contribution in [2.45, 2.75) is 6.92 Å². The Morgan fingerprint density at radius 2 is 2.10 bits per heavy atom. The quantitative estimate of drug-likeness (QED) is 0.800. The number of aromatic nitrogens is 2. The maximum atomic E-state index is 4.11. The van der Waals surface area contributed by atoms with Gasteiger partial charge in [-0.3, -0.25) is 5.10 Å². The van der Waals surface area contributed by atoms with Crippen LogP contribution >= 0.6 is 41.5 Å². The van der Waals surface area contributed by atoms with Crippen molar-refractivity contribution in [2.24, 2.45) is 0 Å². The Balaban J connectivity index is 3.25. The van der Waals surface area contributed by atoms with Crippen molar-refractivity contribution in [3.63, 3.8) is 0 Å². The Morgan fingerprint density at radius 1 is 1.40 bits per heavy atom. The highest BCUT2D eigenvalue weighted by molar-refractivity contribution is 14.2. The summed E-state index contributed by atoms with van der Waals surface area (Å²) in [4.78, 5) is 0. The third kappa shape index (κ3) is 1.52. The van der Waals surface area contributed by atoms with E-state index in [1.54, 1.807) is 0 Å². The second kappa shape index (κ2) is 3.70. The number of H-pyrrole nitrogens is 1. The summed E-state index contributed by atoms with van der Waals surface area (Å²) in [5, 5.41) is 7.11. The largest absolute Gasteiger partial charge is 0.271 e. The molecule has 0 saturated heterocycles. The molecule has 0 spiro atoms. The van der Waals surface area contributed by atoms with E-state index in [0.29, 0.717) is 0 Å². The lowest BCUT2D eigenvalue weighted by molar-refractivity contribution is 1.03. The molecule has 56 valence electrons. The summed E-state index contributed by atoms with van der Waals surface area (Å²) in [6.45, 7) is 2.03. The molecule has 1 N–H and O–H groups in total. The van der Waals surface area contributed by atoms with E-state index in [-0.39, 0.29) is 41.5 Å². The predicted octanol–water partition coefficient (Wildman–Crippen LogP) is 1.86. The maximum absolute atomic E-state index is 4.11. The van der Waals surface area contributed by atoms with Crippen LogP contribution in [-0.2, 0) is 0 Å². The van der Waals surface area contributed by atoms with Crippen LogP contribution in [0.1, 0.15) is 5.69 Å². The van der Waals surface area contributed by atoms with Crippen LogP contribution in [0.15, 0.2) is 0 Å². The van der Waals surface area contributed by atoms with Crippen LogP contribution < -0.4 is 0 Å². The Bertz CT molecular complexity index is 265. The average molecular weight is 362 g/mol. The molecule has 0 atom stereocenters. The molecule has 0 fully saturated rings. The molecule has 0 aliphatic carbocycles. The summed E-state index contributed by atoms with van der Waals surface area (Å²) < 4.78 is 10.5. The summed E-state index contributed by atoms with van der Waals surface area (Å²) in [6, 6.07) is 0. The van der Waals surface area contributed by atoms with Gasteiger partial charge in [0, 0.05) is 0 Å². The fraction of sp³-hybridized carbons (Fsp3) is 0.167. The first-order valence-electron chi connectivity index (χ1n) is 2.61. The smallest absolute Gasteiger partial charge is 0.103 e. The average Bonchev–Trinajstić information content (AvgIpc) is 2.30. The molecule has 0 radical (unpaired) electrons. The summed E-state index contributed by atoms with van der Waals surface area (Å²) in [5.74, 6) is 0. The highest BCUT2D eigenvalue weighted by Gasteiger charge is 2.02. The first-order valence-corrected chi connectivity index (χ1v) is 7.82. The van der Waals surface area contributed by atoms with Crippen molar-refractivity contribution in [3.8, 4) is 0 Å². The number of halogens is 2. The van der Waals surface area contributed by atoms with E-state index in [1.165, 1.54) is 7.27 Å². The molecule has 0 aliphatic rings. The molecule has 1 rings (SSSR count). The zero-order chi connectivity index (χ0) is 7.56. The monoisotopic (exact) mass is 362 g/mol. The Labute approximate surface area is 79.9 Å². The van der Waals surface area contributed by atoms with Crippen molar-refractivity contribution >= 4 is 50.5 Å². The first-order chi connectivity index (χ1) is 4.79. The van der Waals surface area contributed by atoms with Crippen LogP contribution in [0.3, 0.4) is 0 Å².